The van der Waals surface area contributed by atoms with Crippen LogP contribution in [0.15, 0.2) is 47.1 Å². The van der Waals surface area contributed by atoms with Gasteiger partial charge in [-0.05, 0) is 91.0 Å². The molecular weight excluding hydrogens is 370 g/mol. The summed E-state index contributed by atoms with van der Waals surface area (Å²) < 4.78 is 0. The van der Waals surface area contributed by atoms with Crippen LogP contribution in [0.1, 0.15) is 63.4 Å². The standard InChI is InChI=1S/C27H35NO2/c1-27-15-23(18-5-8-20(9-6-18)28(2)3)26-21-10-4-17(16-29)14-19(21)7-11-22(26)24(27)12-13-25(27)30/h5-6,8-9,14,16-17,22-25,30H,4,7,10-13,15H2,1-3H3/t17?,22-,23?,24-,25?,27-/m0/s1. The molecule has 0 amide bonds. The number of hydrogen-bond acceptors (Lipinski definition) is 3. The lowest BCUT2D eigenvalue weighted by Crippen LogP contribution is -2.45. The van der Waals surface area contributed by atoms with E-state index in [0.717, 1.165) is 44.8 Å². The van der Waals surface area contributed by atoms with Gasteiger partial charge in [0.1, 0.15) is 6.29 Å². The highest BCUT2D eigenvalue weighted by Crippen LogP contribution is 2.63. The van der Waals surface area contributed by atoms with E-state index in [-0.39, 0.29) is 17.4 Å². The molecule has 3 heteroatoms. The maximum Gasteiger partial charge on any atom is 0.126 e. The zero-order valence-electron chi connectivity index (χ0n) is 18.6. The molecule has 2 saturated carbocycles. The van der Waals surface area contributed by atoms with Crippen molar-refractivity contribution in [3.8, 4) is 0 Å². The number of anilines is 1. The molecule has 6 atom stereocenters. The van der Waals surface area contributed by atoms with Crippen molar-refractivity contribution in [3.63, 3.8) is 0 Å². The first kappa shape index (κ1) is 20.1. The molecule has 0 spiro atoms. The van der Waals surface area contributed by atoms with Gasteiger partial charge in [-0.3, -0.25) is 0 Å². The number of fused-ring (bicyclic) bond motifs is 4. The molecule has 3 nitrogen and oxygen atoms in total. The predicted molar refractivity (Wildman–Crippen MR) is 122 cm³/mol. The number of carbonyl (C=O) groups is 1. The topological polar surface area (TPSA) is 40.5 Å². The predicted octanol–water partition coefficient (Wildman–Crippen LogP) is 5.26. The number of carbonyl (C=O) groups excluding carboxylic acids is 1. The van der Waals surface area contributed by atoms with Crippen molar-refractivity contribution < 1.29 is 9.90 Å². The molecule has 2 fully saturated rings. The van der Waals surface area contributed by atoms with Gasteiger partial charge in [0, 0.05) is 31.6 Å². The van der Waals surface area contributed by atoms with Gasteiger partial charge >= 0.3 is 0 Å². The molecule has 5 rings (SSSR count). The van der Waals surface area contributed by atoms with Crippen molar-refractivity contribution in [2.75, 3.05) is 19.0 Å². The summed E-state index contributed by atoms with van der Waals surface area (Å²) >= 11 is 0. The first-order valence-corrected chi connectivity index (χ1v) is 11.8. The maximum absolute atomic E-state index is 11.4. The Morgan fingerprint density at radius 2 is 1.83 bits per heavy atom. The van der Waals surface area contributed by atoms with Gasteiger partial charge in [-0.2, -0.15) is 0 Å². The number of aliphatic hydroxyl groups is 1. The summed E-state index contributed by atoms with van der Waals surface area (Å²) in [6.07, 6.45) is 10.6. The summed E-state index contributed by atoms with van der Waals surface area (Å²) in [6.45, 7) is 2.35. The Bertz CT molecular complexity index is 896. The first-order chi connectivity index (χ1) is 14.4. The average molecular weight is 406 g/mol. The quantitative estimate of drug-likeness (QED) is 0.698. The van der Waals surface area contributed by atoms with E-state index in [1.165, 1.54) is 23.2 Å². The number of benzene rings is 1. The third kappa shape index (κ3) is 3.00. The van der Waals surface area contributed by atoms with Gasteiger partial charge in [0.25, 0.3) is 0 Å². The van der Waals surface area contributed by atoms with E-state index in [1.54, 1.807) is 11.1 Å². The Morgan fingerprint density at radius 3 is 2.53 bits per heavy atom. The summed E-state index contributed by atoms with van der Waals surface area (Å²) in [4.78, 5) is 13.6. The molecule has 160 valence electrons. The van der Waals surface area contributed by atoms with Crippen LogP contribution in [0.2, 0.25) is 0 Å². The zero-order chi connectivity index (χ0) is 21.0. The fourth-order valence-corrected chi connectivity index (χ4v) is 7.21. The lowest BCUT2D eigenvalue weighted by Gasteiger charge is -2.52. The second-order valence-electron chi connectivity index (χ2n) is 10.6. The molecule has 1 N–H and O–H groups in total. The minimum atomic E-state index is -0.180. The van der Waals surface area contributed by atoms with Crippen LogP contribution in [0.5, 0.6) is 0 Å². The van der Waals surface area contributed by atoms with Gasteiger partial charge in [-0.15, -0.1) is 0 Å². The van der Waals surface area contributed by atoms with E-state index >= 15 is 0 Å². The maximum atomic E-state index is 11.4. The summed E-state index contributed by atoms with van der Waals surface area (Å²) in [7, 11) is 4.17. The average Bonchev–Trinajstić information content (AvgIpc) is 3.06. The van der Waals surface area contributed by atoms with Crippen LogP contribution in [0.25, 0.3) is 0 Å². The highest BCUT2D eigenvalue weighted by Gasteiger charge is 2.56. The molecule has 0 aliphatic heterocycles. The van der Waals surface area contributed by atoms with E-state index in [9.17, 15) is 9.90 Å². The number of aldehydes is 1. The third-order valence-electron chi connectivity index (χ3n) is 8.85. The van der Waals surface area contributed by atoms with Gasteiger partial charge in [0.2, 0.25) is 0 Å². The van der Waals surface area contributed by atoms with Crippen LogP contribution >= 0.6 is 0 Å². The van der Waals surface area contributed by atoms with Crippen LogP contribution in [-0.4, -0.2) is 31.6 Å². The van der Waals surface area contributed by atoms with Crippen LogP contribution in [0.3, 0.4) is 0 Å². The van der Waals surface area contributed by atoms with E-state index in [4.69, 9.17) is 0 Å². The SMILES string of the molecule is CN(C)c1ccc(C2C[C@]3(C)C(O)CC[C@H]3[C@@H]3CCC4=CC(C=O)CCC4=C23)cc1. The van der Waals surface area contributed by atoms with Crippen molar-refractivity contribution in [1.82, 2.24) is 0 Å². The second kappa shape index (κ2) is 7.37. The second-order valence-corrected chi connectivity index (χ2v) is 10.6. The smallest absolute Gasteiger partial charge is 0.126 e. The molecular formula is C27H35NO2. The molecule has 3 unspecified atom stereocenters. The third-order valence-corrected chi connectivity index (χ3v) is 8.85. The van der Waals surface area contributed by atoms with Crippen molar-refractivity contribution in [1.29, 1.82) is 0 Å². The Balaban J connectivity index is 1.63. The van der Waals surface area contributed by atoms with Gasteiger partial charge in [-0.25, -0.2) is 0 Å². The fraction of sp³-hybridized carbons (Fsp3) is 0.593. The fourth-order valence-electron chi connectivity index (χ4n) is 7.21. The van der Waals surface area contributed by atoms with Gasteiger partial charge in [0.05, 0.1) is 6.10 Å². The zero-order valence-corrected chi connectivity index (χ0v) is 18.6. The minimum absolute atomic E-state index is 0.0147. The molecule has 0 radical (unpaired) electrons. The molecule has 0 aromatic heterocycles. The highest BCUT2D eigenvalue weighted by molar-refractivity contribution is 5.60. The Labute approximate surface area is 180 Å². The van der Waals surface area contributed by atoms with Crippen molar-refractivity contribution in [2.24, 2.45) is 23.2 Å². The summed E-state index contributed by atoms with van der Waals surface area (Å²) in [5.41, 5.74) is 7.30. The highest BCUT2D eigenvalue weighted by atomic mass is 16.3. The summed E-state index contributed by atoms with van der Waals surface area (Å²) in [5.74, 6) is 1.66. The number of hydrogen-bond donors (Lipinski definition) is 1. The molecule has 0 saturated heterocycles. The van der Waals surface area contributed by atoms with Crippen molar-refractivity contribution in [2.45, 2.75) is 63.9 Å². The Morgan fingerprint density at radius 1 is 1.07 bits per heavy atom. The molecule has 1 aromatic carbocycles. The lowest BCUT2D eigenvalue weighted by atomic mass is 9.53. The summed E-state index contributed by atoms with van der Waals surface area (Å²) in [5, 5.41) is 11.0. The normalized spacial score (nSPS) is 37.7. The van der Waals surface area contributed by atoms with Crippen molar-refractivity contribution in [3.05, 3.63) is 52.6 Å². The summed E-state index contributed by atoms with van der Waals surface area (Å²) in [6, 6.07) is 9.09. The lowest BCUT2D eigenvalue weighted by molar-refractivity contribution is -0.110. The van der Waals surface area contributed by atoms with E-state index < -0.39 is 0 Å². The monoisotopic (exact) mass is 405 g/mol. The first-order valence-electron chi connectivity index (χ1n) is 11.8. The molecule has 0 bridgehead atoms. The van der Waals surface area contributed by atoms with E-state index in [2.05, 4.69) is 56.3 Å². The Hall–Kier alpha value is -1.87. The van der Waals surface area contributed by atoms with Crippen LogP contribution in [0.4, 0.5) is 5.69 Å². The number of rotatable bonds is 3. The molecule has 30 heavy (non-hydrogen) atoms. The van der Waals surface area contributed by atoms with Gasteiger partial charge in [0.15, 0.2) is 0 Å². The number of allylic oxidation sites excluding steroid dienone is 4. The van der Waals surface area contributed by atoms with Gasteiger partial charge in [-0.1, -0.05) is 30.7 Å². The van der Waals surface area contributed by atoms with Gasteiger partial charge < -0.3 is 14.8 Å². The molecule has 1 aromatic rings. The van der Waals surface area contributed by atoms with E-state index in [1.807, 2.05) is 0 Å². The van der Waals surface area contributed by atoms with Crippen LogP contribution in [-0.2, 0) is 4.79 Å². The van der Waals surface area contributed by atoms with Crippen LogP contribution < -0.4 is 4.90 Å². The molecule has 0 heterocycles. The minimum Gasteiger partial charge on any atom is -0.393 e. The van der Waals surface area contributed by atoms with Crippen LogP contribution in [0, 0.1) is 23.2 Å². The number of aliphatic hydroxyl groups excluding tert-OH is 1. The van der Waals surface area contributed by atoms with E-state index in [0.29, 0.717) is 17.8 Å². The Kier molecular flexibility index (Phi) is 4.93. The molecule has 4 aliphatic rings. The van der Waals surface area contributed by atoms with Crippen molar-refractivity contribution >= 4 is 12.0 Å². The number of nitrogens with zero attached hydrogens (tertiary/aromatic N) is 1. The molecule has 4 aliphatic carbocycles. The largest absolute Gasteiger partial charge is 0.393 e.